The van der Waals surface area contributed by atoms with Gasteiger partial charge in [-0.1, -0.05) is 146 Å². The zero-order valence-electron chi connectivity index (χ0n) is 31.8. The first kappa shape index (κ1) is 44.9. The smallest absolute Gasteiger partial charge is 0.300 e. The predicted octanol–water partition coefficient (Wildman–Crippen LogP) is 8.92. The summed E-state index contributed by atoms with van der Waals surface area (Å²) in [7, 11) is -1.02. The van der Waals surface area contributed by atoms with Gasteiger partial charge in [-0.05, 0) is 123 Å². The Morgan fingerprint density at radius 1 is 0.340 bits per heavy atom. The van der Waals surface area contributed by atoms with Crippen molar-refractivity contribution in [2.45, 2.75) is 55.4 Å². The summed E-state index contributed by atoms with van der Waals surface area (Å²) in [5, 5.41) is 23.6. The first-order chi connectivity index (χ1) is 24.8. The molecule has 0 aliphatic heterocycles. The average Bonchev–Trinajstić information content (AvgIpc) is 3.10. The van der Waals surface area contributed by atoms with E-state index in [9.17, 15) is 0 Å². The van der Waals surface area contributed by atoms with Crippen molar-refractivity contribution in [2.75, 3.05) is 0 Å². The Hall–Kier alpha value is -4.22. The van der Waals surface area contributed by atoms with E-state index >= 15 is 0 Å². The van der Waals surface area contributed by atoms with Crippen molar-refractivity contribution in [3.8, 4) is 0 Å². The number of carbonyl (C=O) groups is 2. The van der Waals surface area contributed by atoms with Gasteiger partial charge in [-0.15, -0.1) is 0 Å². The summed E-state index contributed by atoms with van der Waals surface area (Å²) in [5.41, 5.74) is 8.25. The van der Waals surface area contributed by atoms with Crippen LogP contribution in [0, 0.1) is 41.5 Å². The second-order valence-corrected chi connectivity index (χ2v) is 16.7. The first-order valence-electron chi connectivity index (χ1n) is 17.2. The predicted molar refractivity (Wildman–Crippen MR) is 225 cm³/mol. The van der Waals surface area contributed by atoms with Gasteiger partial charge in [0.05, 0.1) is 0 Å². The van der Waals surface area contributed by atoms with Gasteiger partial charge in [0.25, 0.3) is 11.9 Å². The molecule has 0 fully saturated rings. The van der Waals surface area contributed by atoms with Crippen molar-refractivity contribution in [1.82, 2.24) is 0 Å². The molecule has 6 aromatic carbocycles. The van der Waals surface area contributed by atoms with Crippen molar-refractivity contribution < 1.29 is 40.2 Å². The quantitative estimate of drug-likeness (QED) is 0.130. The maximum Gasteiger partial charge on any atom is 0.300 e. The number of hydrogen-bond donors (Lipinski definition) is 2. The minimum Gasteiger partial charge on any atom is -0.481 e. The number of carboxylic acid groups (broad SMARTS) is 2. The van der Waals surface area contributed by atoms with Gasteiger partial charge >= 0.3 is 0 Å². The molecule has 0 bridgehead atoms. The Morgan fingerprint density at radius 3 is 0.566 bits per heavy atom. The van der Waals surface area contributed by atoms with Crippen LogP contribution in [-0.4, -0.2) is 22.2 Å². The van der Waals surface area contributed by atoms with E-state index < -0.39 is 27.8 Å². The maximum atomic E-state index is 9.00. The van der Waals surface area contributed by atoms with Crippen molar-refractivity contribution >= 4 is 59.6 Å². The molecule has 0 heterocycles. The molecule has 0 saturated carbocycles. The zero-order chi connectivity index (χ0) is 38.2. The third-order valence-electron chi connectivity index (χ3n) is 8.14. The molecule has 53 heavy (non-hydrogen) atoms. The molecule has 0 aliphatic carbocycles. The molecule has 0 saturated heterocycles. The number of aliphatic carboxylic acids is 2. The molecule has 6 rings (SSSR count). The summed E-state index contributed by atoms with van der Waals surface area (Å²) in [6.07, 6.45) is 0. The van der Waals surface area contributed by atoms with E-state index in [0.717, 1.165) is 13.8 Å². The molecule has 6 aromatic rings. The van der Waals surface area contributed by atoms with Crippen LogP contribution in [0.2, 0.25) is 0 Å². The molecule has 278 valence electrons. The number of benzene rings is 6. The Balaban J connectivity index is 0.000000301. The molecule has 0 aromatic heterocycles. The van der Waals surface area contributed by atoms with Gasteiger partial charge in [0.1, 0.15) is 0 Å². The number of hydrogen-bond acceptors (Lipinski definition) is 2. The monoisotopic (exact) mass is 834 g/mol. The van der Waals surface area contributed by atoms with Crippen LogP contribution >= 0.6 is 15.8 Å². The Bertz CT molecular complexity index is 1700. The third-order valence-corrected chi connectivity index (χ3v) is 14.0. The molecule has 0 spiro atoms. The van der Waals surface area contributed by atoms with Crippen LogP contribution in [0.4, 0.5) is 0 Å². The number of aryl methyl sites for hydroxylation is 6. The normalized spacial score (nSPS) is 10.0. The summed E-state index contributed by atoms with van der Waals surface area (Å²) in [4.78, 5) is 18.0. The minimum atomic E-state index is -0.833. The fourth-order valence-corrected chi connectivity index (χ4v) is 11.2. The van der Waals surface area contributed by atoms with Crippen LogP contribution in [0.25, 0.3) is 0 Å². The molecule has 4 nitrogen and oxygen atoms in total. The molecule has 0 aliphatic rings. The van der Waals surface area contributed by atoms with Gasteiger partial charge in [0.2, 0.25) is 0 Å². The van der Waals surface area contributed by atoms with E-state index in [4.69, 9.17) is 19.8 Å². The van der Waals surface area contributed by atoms with Gasteiger partial charge in [0, 0.05) is 34.3 Å². The second kappa shape index (κ2) is 22.8. The molecular formula is C46H50O4P2Pd. The first-order valence-corrected chi connectivity index (χ1v) is 19.8. The Labute approximate surface area is 332 Å². The Morgan fingerprint density at radius 2 is 0.453 bits per heavy atom. The fourth-order valence-electron chi connectivity index (χ4n) is 5.66. The van der Waals surface area contributed by atoms with Gasteiger partial charge in [-0.2, -0.15) is 0 Å². The van der Waals surface area contributed by atoms with Crippen LogP contribution in [0.15, 0.2) is 146 Å². The molecule has 0 amide bonds. The van der Waals surface area contributed by atoms with Crippen LogP contribution in [0.5, 0.6) is 0 Å². The van der Waals surface area contributed by atoms with E-state index in [2.05, 4.69) is 187 Å². The van der Waals surface area contributed by atoms with Crippen molar-refractivity contribution in [2.24, 2.45) is 0 Å². The fraction of sp³-hybridized carbons (Fsp3) is 0.174. The van der Waals surface area contributed by atoms with Crippen LogP contribution in [0.3, 0.4) is 0 Å². The standard InChI is InChI=1S/2C21H21P.2C2H4O2.Pd/c2*1-16-10-4-7-13-19(16)22(20-14-8-5-11-17(20)2)21-15-9-6-12-18(21)3;2*1-2(3)4;/h2*4-15H,1-3H3;2*1H3,(H,3,4);. The summed E-state index contributed by atoms with van der Waals surface area (Å²) in [6, 6.07) is 52.8. The molecule has 0 unspecified atom stereocenters. The summed E-state index contributed by atoms with van der Waals surface area (Å²) in [5.74, 6) is -1.67. The van der Waals surface area contributed by atoms with Crippen LogP contribution < -0.4 is 31.8 Å². The van der Waals surface area contributed by atoms with E-state index in [0.29, 0.717) is 0 Å². The van der Waals surface area contributed by atoms with Gasteiger partial charge in [-0.25, -0.2) is 0 Å². The molecular weight excluding hydrogens is 785 g/mol. The Kier molecular flexibility index (Phi) is 19.3. The van der Waals surface area contributed by atoms with Gasteiger partial charge in [-0.3, -0.25) is 9.59 Å². The maximum absolute atomic E-state index is 9.00. The van der Waals surface area contributed by atoms with Crippen LogP contribution in [-0.2, 0) is 30.0 Å². The average molecular weight is 835 g/mol. The van der Waals surface area contributed by atoms with Crippen molar-refractivity contribution in [3.05, 3.63) is 179 Å². The van der Waals surface area contributed by atoms with Gasteiger partial charge < -0.3 is 10.2 Å². The van der Waals surface area contributed by atoms with Crippen molar-refractivity contribution in [1.29, 1.82) is 0 Å². The second-order valence-electron chi connectivity index (χ2n) is 12.4. The molecule has 2 N–H and O–H groups in total. The molecule has 7 heteroatoms. The zero-order valence-corrected chi connectivity index (χ0v) is 35.1. The number of rotatable bonds is 6. The third kappa shape index (κ3) is 13.6. The van der Waals surface area contributed by atoms with E-state index in [1.165, 1.54) is 65.2 Å². The topological polar surface area (TPSA) is 74.6 Å². The van der Waals surface area contributed by atoms with Crippen molar-refractivity contribution in [3.63, 3.8) is 0 Å². The SMILES string of the molecule is CC(=O)O.CC(=O)O.Cc1ccccc1P(c1ccccc1C)c1ccccc1C.Cc1ccccc1P(c1ccccc1C)c1ccccc1C.[Pd]. The minimum absolute atomic E-state index is 0. The number of carboxylic acids is 2. The summed E-state index contributed by atoms with van der Waals surface area (Å²) >= 11 is 0. The van der Waals surface area contributed by atoms with E-state index in [1.54, 1.807) is 0 Å². The largest absolute Gasteiger partial charge is 0.481 e. The van der Waals surface area contributed by atoms with E-state index in [1.807, 2.05) is 0 Å². The summed E-state index contributed by atoms with van der Waals surface area (Å²) < 4.78 is 0. The molecule has 0 atom stereocenters. The molecule has 0 radical (unpaired) electrons. The van der Waals surface area contributed by atoms with Gasteiger partial charge in [0.15, 0.2) is 0 Å². The van der Waals surface area contributed by atoms with E-state index in [-0.39, 0.29) is 20.4 Å². The van der Waals surface area contributed by atoms with Crippen LogP contribution in [0.1, 0.15) is 47.2 Å². The summed E-state index contributed by atoms with van der Waals surface area (Å²) in [6.45, 7) is 15.5.